The van der Waals surface area contributed by atoms with Crippen molar-refractivity contribution in [3.8, 4) is 0 Å². The van der Waals surface area contributed by atoms with E-state index in [-0.39, 0.29) is 5.97 Å². The molecule has 2 nitrogen and oxygen atoms in total. The quantitative estimate of drug-likeness (QED) is 0.355. The van der Waals surface area contributed by atoms with Gasteiger partial charge in [0.25, 0.3) is 0 Å². The van der Waals surface area contributed by atoms with Crippen LogP contribution in [0.15, 0.2) is 24.3 Å². The van der Waals surface area contributed by atoms with Gasteiger partial charge < -0.3 is 4.74 Å². The highest BCUT2D eigenvalue weighted by Gasteiger charge is 2.00. The second kappa shape index (κ2) is 8.54. The first-order valence-corrected chi connectivity index (χ1v) is 5.21. The first-order chi connectivity index (χ1) is 6.74. The van der Waals surface area contributed by atoms with Gasteiger partial charge in [0.05, 0.1) is 6.61 Å². The van der Waals surface area contributed by atoms with Gasteiger partial charge in [-0.25, -0.2) is 4.79 Å². The molecule has 0 radical (unpaired) electrons. The van der Waals surface area contributed by atoms with Crippen molar-refractivity contribution < 1.29 is 9.53 Å². The maximum atomic E-state index is 11.2. The minimum absolute atomic E-state index is 0.222. The van der Waals surface area contributed by atoms with Crippen LogP contribution in [0.3, 0.4) is 0 Å². The normalized spacial score (nSPS) is 11.1. The van der Waals surface area contributed by atoms with Gasteiger partial charge in [-0.1, -0.05) is 25.0 Å². The summed E-state index contributed by atoms with van der Waals surface area (Å²) in [6.45, 7) is 8.02. The summed E-state index contributed by atoms with van der Waals surface area (Å²) in [7, 11) is 0. The highest BCUT2D eigenvalue weighted by Crippen LogP contribution is 2.12. The Balaban J connectivity index is 4.14. The summed E-state index contributed by atoms with van der Waals surface area (Å²) in [4.78, 5) is 11.2. The van der Waals surface area contributed by atoms with Crippen LogP contribution in [0.1, 0.15) is 39.5 Å². The van der Waals surface area contributed by atoms with Crippen LogP contribution in [0.25, 0.3) is 0 Å². The zero-order chi connectivity index (χ0) is 10.8. The monoisotopic (exact) mass is 196 g/mol. The summed E-state index contributed by atoms with van der Waals surface area (Å²) in [5.41, 5.74) is 1.16. The molecule has 0 bridgehead atoms. The summed E-state index contributed by atoms with van der Waals surface area (Å²) >= 11 is 0. The molecule has 0 rings (SSSR count). The van der Waals surface area contributed by atoms with E-state index in [4.69, 9.17) is 4.74 Å². The lowest BCUT2D eigenvalue weighted by molar-refractivity contribution is -0.137. The molecule has 0 aromatic rings. The molecule has 0 saturated carbocycles. The van der Waals surface area contributed by atoms with Gasteiger partial charge in [-0.15, -0.1) is 6.58 Å². The van der Waals surface area contributed by atoms with Crippen molar-refractivity contribution in [2.45, 2.75) is 39.5 Å². The first kappa shape index (κ1) is 12.9. The van der Waals surface area contributed by atoms with Gasteiger partial charge in [0.1, 0.15) is 0 Å². The number of carbonyl (C=O) groups is 1. The molecule has 0 amide bonds. The third-order valence-corrected chi connectivity index (χ3v) is 1.85. The lowest BCUT2D eigenvalue weighted by Crippen LogP contribution is -2.01. The van der Waals surface area contributed by atoms with Crippen molar-refractivity contribution in [3.05, 3.63) is 24.3 Å². The first-order valence-electron chi connectivity index (χ1n) is 5.21. The van der Waals surface area contributed by atoms with Gasteiger partial charge in [0.2, 0.25) is 0 Å². The van der Waals surface area contributed by atoms with Gasteiger partial charge in [-0.3, -0.25) is 0 Å². The van der Waals surface area contributed by atoms with E-state index >= 15 is 0 Å². The summed E-state index contributed by atoms with van der Waals surface area (Å²) in [6, 6.07) is 0. The van der Waals surface area contributed by atoms with Gasteiger partial charge in [-0.05, 0) is 26.2 Å². The Bertz CT molecular complexity index is 204. The molecule has 0 aliphatic carbocycles. The Morgan fingerprint density at radius 1 is 1.36 bits per heavy atom. The average molecular weight is 196 g/mol. The molecule has 80 valence electrons. The van der Waals surface area contributed by atoms with Crippen molar-refractivity contribution in [1.29, 1.82) is 0 Å². The maximum Gasteiger partial charge on any atom is 0.330 e. The van der Waals surface area contributed by atoms with Crippen LogP contribution in [-0.2, 0) is 9.53 Å². The van der Waals surface area contributed by atoms with Crippen LogP contribution in [0.2, 0.25) is 0 Å². The molecule has 0 aliphatic heterocycles. The van der Waals surface area contributed by atoms with Gasteiger partial charge >= 0.3 is 5.97 Å². The molecule has 2 heteroatoms. The molecule has 0 saturated heterocycles. The predicted octanol–water partition coefficient (Wildman–Crippen LogP) is 3.24. The van der Waals surface area contributed by atoms with Crippen molar-refractivity contribution >= 4 is 5.97 Å². The van der Waals surface area contributed by atoms with E-state index in [1.165, 1.54) is 0 Å². The standard InChI is InChI=1S/C12H20O2/c1-4-7-9-11(8-5-2)10-12(13)14-6-3/h4,10H,1,5-9H2,2-3H3. The molecule has 0 spiro atoms. The number of carbonyl (C=O) groups excluding carboxylic acids is 1. The lowest BCUT2D eigenvalue weighted by Gasteiger charge is -2.04. The van der Waals surface area contributed by atoms with E-state index in [9.17, 15) is 4.79 Å². The fourth-order valence-corrected chi connectivity index (χ4v) is 1.23. The number of hydrogen-bond acceptors (Lipinski definition) is 2. The predicted molar refractivity (Wildman–Crippen MR) is 59.1 cm³/mol. The number of hydrogen-bond donors (Lipinski definition) is 0. The Kier molecular flexibility index (Phi) is 7.90. The molecule has 0 fully saturated rings. The van der Waals surface area contributed by atoms with Crippen LogP contribution in [0.4, 0.5) is 0 Å². The largest absolute Gasteiger partial charge is 0.463 e. The smallest absolute Gasteiger partial charge is 0.330 e. The molecule has 0 aromatic carbocycles. The molecule has 0 aliphatic rings. The summed E-state index contributed by atoms with van der Waals surface area (Å²) in [5, 5.41) is 0. The number of ether oxygens (including phenoxy) is 1. The van der Waals surface area contributed by atoms with Crippen molar-refractivity contribution in [2.24, 2.45) is 0 Å². The minimum atomic E-state index is -0.222. The Hall–Kier alpha value is -1.05. The van der Waals surface area contributed by atoms with E-state index in [1.807, 2.05) is 13.0 Å². The van der Waals surface area contributed by atoms with Crippen molar-refractivity contribution in [1.82, 2.24) is 0 Å². The molecule has 14 heavy (non-hydrogen) atoms. The van der Waals surface area contributed by atoms with E-state index in [0.29, 0.717) is 6.61 Å². The van der Waals surface area contributed by atoms with Crippen LogP contribution in [0, 0.1) is 0 Å². The summed E-state index contributed by atoms with van der Waals surface area (Å²) < 4.78 is 4.86. The molecule has 0 heterocycles. The molecular formula is C12H20O2. The van der Waals surface area contributed by atoms with E-state index in [2.05, 4.69) is 13.5 Å². The second-order valence-corrected chi connectivity index (χ2v) is 3.13. The van der Waals surface area contributed by atoms with E-state index < -0.39 is 0 Å². The zero-order valence-corrected chi connectivity index (χ0v) is 9.21. The third kappa shape index (κ3) is 6.46. The Labute approximate surface area is 86.6 Å². The number of rotatable bonds is 7. The van der Waals surface area contributed by atoms with Crippen LogP contribution >= 0.6 is 0 Å². The zero-order valence-electron chi connectivity index (χ0n) is 9.21. The highest BCUT2D eigenvalue weighted by molar-refractivity contribution is 5.82. The van der Waals surface area contributed by atoms with Crippen molar-refractivity contribution in [3.63, 3.8) is 0 Å². The molecule has 0 aromatic heterocycles. The maximum absolute atomic E-state index is 11.2. The fourth-order valence-electron chi connectivity index (χ4n) is 1.23. The second-order valence-electron chi connectivity index (χ2n) is 3.13. The van der Waals surface area contributed by atoms with E-state index in [1.54, 1.807) is 6.08 Å². The number of esters is 1. The van der Waals surface area contributed by atoms with Crippen molar-refractivity contribution in [2.75, 3.05) is 6.61 Å². The van der Waals surface area contributed by atoms with E-state index in [0.717, 1.165) is 31.3 Å². The molecule has 0 unspecified atom stereocenters. The minimum Gasteiger partial charge on any atom is -0.463 e. The van der Waals surface area contributed by atoms with Crippen LogP contribution in [-0.4, -0.2) is 12.6 Å². The fraction of sp³-hybridized carbons (Fsp3) is 0.583. The lowest BCUT2D eigenvalue weighted by atomic mass is 10.1. The Morgan fingerprint density at radius 3 is 2.57 bits per heavy atom. The Morgan fingerprint density at radius 2 is 2.07 bits per heavy atom. The SMILES string of the molecule is C=CCCC(=CC(=O)OCC)CCC. The highest BCUT2D eigenvalue weighted by atomic mass is 16.5. The third-order valence-electron chi connectivity index (χ3n) is 1.85. The average Bonchev–Trinajstić information content (AvgIpc) is 2.15. The number of allylic oxidation sites excluding steroid dienone is 2. The topological polar surface area (TPSA) is 26.3 Å². The van der Waals surface area contributed by atoms with Crippen LogP contribution in [0.5, 0.6) is 0 Å². The molecule has 0 atom stereocenters. The van der Waals surface area contributed by atoms with Gasteiger partial charge in [0.15, 0.2) is 0 Å². The molecule has 0 N–H and O–H groups in total. The van der Waals surface area contributed by atoms with Crippen LogP contribution < -0.4 is 0 Å². The van der Waals surface area contributed by atoms with Gasteiger partial charge in [0, 0.05) is 6.08 Å². The molecular weight excluding hydrogens is 176 g/mol. The van der Waals surface area contributed by atoms with Gasteiger partial charge in [-0.2, -0.15) is 0 Å². The summed E-state index contributed by atoms with van der Waals surface area (Å²) in [5.74, 6) is -0.222. The summed E-state index contributed by atoms with van der Waals surface area (Å²) in [6.07, 6.45) is 7.35.